The molecule has 3 heterocycles. The van der Waals surface area contributed by atoms with Crippen molar-refractivity contribution in [1.29, 1.82) is 0 Å². The third-order valence-electron chi connectivity index (χ3n) is 8.37. The summed E-state index contributed by atoms with van der Waals surface area (Å²) < 4.78 is 12.9. The molecule has 0 unspecified atom stereocenters. The van der Waals surface area contributed by atoms with Crippen LogP contribution in [-0.2, 0) is 5.41 Å². The molecule has 1 spiro atoms. The lowest BCUT2D eigenvalue weighted by atomic mass is 9.63. The summed E-state index contributed by atoms with van der Waals surface area (Å²) in [5, 5.41) is 0. The molecule has 3 nitrogen and oxygen atoms in total. The number of rotatable bonds is 1. The normalized spacial score (nSPS) is 14.8. The Labute approximate surface area is 242 Å². The highest BCUT2D eigenvalue weighted by molar-refractivity contribution is 7.99. The van der Waals surface area contributed by atoms with Gasteiger partial charge >= 0.3 is 0 Å². The van der Waals surface area contributed by atoms with E-state index in [1.54, 1.807) is 0 Å². The first-order valence-electron chi connectivity index (χ1n) is 13.8. The Bertz CT molecular complexity index is 1870. The summed E-state index contributed by atoms with van der Waals surface area (Å²) in [6.07, 6.45) is 0. The van der Waals surface area contributed by atoms with E-state index in [1.165, 1.54) is 20.9 Å². The molecule has 4 heteroatoms. The number of ether oxygens (including phenoxy) is 2. The number of hydrogen-bond donors (Lipinski definition) is 0. The highest BCUT2D eigenvalue weighted by Crippen LogP contribution is 2.62. The molecule has 6 aromatic rings. The molecule has 0 fully saturated rings. The van der Waals surface area contributed by atoms with E-state index >= 15 is 0 Å². The minimum atomic E-state index is -0.538. The van der Waals surface area contributed by atoms with Crippen LogP contribution in [0.15, 0.2) is 149 Å². The molecule has 9 rings (SSSR count). The van der Waals surface area contributed by atoms with Gasteiger partial charge in [0.2, 0.25) is 0 Å². The van der Waals surface area contributed by atoms with Crippen molar-refractivity contribution in [2.24, 2.45) is 0 Å². The van der Waals surface area contributed by atoms with E-state index in [4.69, 9.17) is 9.47 Å². The zero-order valence-electron chi connectivity index (χ0n) is 22.0. The van der Waals surface area contributed by atoms with Crippen LogP contribution in [0.4, 0.5) is 17.1 Å². The van der Waals surface area contributed by atoms with Crippen molar-refractivity contribution >= 4 is 28.8 Å². The summed E-state index contributed by atoms with van der Waals surface area (Å²) in [7, 11) is 0. The molecule has 0 radical (unpaired) electrons. The van der Waals surface area contributed by atoms with E-state index in [0.717, 1.165) is 51.2 Å². The van der Waals surface area contributed by atoms with E-state index in [0.29, 0.717) is 0 Å². The number of hydrogen-bond acceptors (Lipinski definition) is 4. The van der Waals surface area contributed by atoms with E-state index in [2.05, 4.69) is 120 Å². The highest BCUT2D eigenvalue weighted by atomic mass is 32.2. The van der Waals surface area contributed by atoms with E-state index in [1.807, 2.05) is 36.0 Å². The lowest BCUT2D eigenvalue weighted by Gasteiger charge is -2.45. The summed E-state index contributed by atoms with van der Waals surface area (Å²) >= 11 is 1.84. The summed E-state index contributed by atoms with van der Waals surface area (Å²) in [5.41, 5.74) is 7.45. The van der Waals surface area contributed by atoms with Crippen LogP contribution in [0.2, 0.25) is 0 Å². The van der Waals surface area contributed by atoms with Gasteiger partial charge in [-0.15, -0.1) is 0 Å². The average molecular weight is 546 g/mol. The third kappa shape index (κ3) is 3.11. The Hall–Kier alpha value is -4.93. The van der Waals surface area contributed by atoms with Crippen molar-refractivity contribution < 1.29 is 9.47 Å². The fraction of sp³-hybridized carbons (Fsp3) is 0.0270. The van der Waals surface area contributed by atoms with E-state index in [-0.39, 0.29) is 0 Å². The Morgan fingerprint density at radius 1 is 0.439 bits per heavy atom. The zero-order valence-corrected chi connectivity index (χ0v) is 22.8. The molecule has 194 valence electrons. The second-order valence-corrected chi connectivity index (χ2v) is 11.6. The smallest absolute Gasteiger partial charge is 0.151 e. The SMILES string of the molecule is c1ccc2c(c1)Oc1ccccc1N2c1ccc2c(c1)C1(c3ccccc3Oc3ccccc31)c1ccccc1S2. The van der Waals surface area contributed by atoms with Crippen LogP contribution in [0.5, 0.6) is 23.0 Å². The first-order chi connectivity index (χ1) is 20.3. The lowest BCUT2D eigenvalue weighted by Crippen LogP contribution is -2.36. The molecule has 0 bridgehead atoms. The molecular formula is C37H23NO2S. The molecule has 0 saturated heterocycles. The van der Waals surface area contributed by atoms with Gasteiger partial charge < -0.3 is 14.4 Å². The molecule has 0 aliphatic carbocycles. The minimum Gasteiger partial charge on any atom is -0.457 e. The van der Waals surface area contributed by atoms with Crippen LogP contribution in [0.25, 0.3) is 0 Å². The van der Waals surface area contributed by atoms with Crippen LogP contribution in [0.3, 0.4) is 0 Å². The zero-order chi connectivity index (χ0) is 27.0. The Morgan fingerprint density at radius 2 is 0.927 bits per heavy atom. The molecule has 6 aromatic carbocycles. The largest absolute Gasteiger partial charge is 0.457 e. The quantitative estimate of drug-likeness (QED) is 0.205. The molecule has 0 amide bonds. The fourth-order valence-corrected chi connectivity index (χ4v) is 7.90. The molecule has 0 saturated carbocycles. The maximum atomic E-state index is 6.54. The third-order valence-corrected chi connectivity index (χ3v) is 9.52. The first kappa shape index (κ1) is 22.8. The first-order valence-corrected chi connectivity index (χ1v) is 14.6. The van der Waals surface area contributed by atoms with E-state index in [9.17, 15) is 0 Å². The molecular weight excluding hydrogens is 522 g/mol. The maximum Gasteiger partial charge on any atom is 0.151 e. The summed E-state index contributed by atoms with van der Waals surface area (Å²) in [4.78, 5) is 4.83. The van der Waals surface area contributed by atoms with Crippen molar-refractivity contribution in [1.82, 2.24) is 0 Å². The molecule has 0 aromatic heterocycles. The van der Waals surface area contributed by atoms with Crippen molar-refractivity contribution in [2.75, 3.05) is 4.90 Å². The minimum absolute atomic E-state index is 0.538. The second-order valence-electron chi connectivity index (χ2n) is 10.5. The van der Waals surface area contributed by atoms with Crippen LogP contribution >= 0.6 is 11.8 Å². The van der Waals surface area contributed by atoms with Gasteiger partial charge in [0.05, 0.1) is 16.8 Å². The monoisotopic (exact) mass is 545 g/mol. The lowest BCUT2D eigenvalue weighted by molar-refractivity contribution is 0.431. The molecule has 3 aliphatic rings. The van der Waals surface area contributed by atoms with Crippen LogP contribution in [-0.4, -0.2) is 0 Å². The van der Waals surface area contributed by atoms with Gasteiger partial charge in [-0.2, -0.15) is 0 Å². The average Bonchev–Trinajstić information content (AvgIpc) is 3.03. The molecule has 41 heavy (non-hydrogen) atoms. The van der Waals surface area contributed by atoms with Gasteiger partial charge in [0.1, 0.15) is 11.5 Å². The predicted molar refractivity (Wildman–Crippen MR) is 164 cm³/mol. The fourth-order valence-electron chi connectivity index (χ4n) is 6.73. The molecule has 0 N–H and O–H groups in total. The highest BCUT2D eigenvalue weighted by Gasteiger charge is 2.49. The van der Waals surface area contributed by atoms with Crippen molar-refractivity contribution in [3.05, 3.63) is 162 Å². The molecule has 3 aliphatic heterocycles. The van der Waals surface area contributed by atoms with E-state index < -0.39 is 5.41 Å². The van der Waals surface area contributed by atoms with Crippen LogP contribution in [0.1, 0.15) is 22.3 Å². The van der Waals surface area contributed by atoms with Gasteiger partial charge in [-0.3, -0.25) is 0 Å². The number of anilines is 3. The van der Waals surface area contributed by atoms with Crippen molar-refractivity contribution in [3.8, 4) is 23.0 Å². The summed E-state index contributed by atoms with van der Waals surface area (Å²) in [5.74, 6) is 3.48. The standard InChI is InChI=1S/C37H23NO2S/c1-6-16-31-25(11-1)37(26-12-2-7-17-32(26)39-31)27-13-3-10-20-35(27)41-36-22-21-24(23-28(36)37)38-29-14-4-8-18-33(29)40-34-19-9-5-15-30(34)38/h1-23H. The van der Waals surface area contributed by atoms with Crippen LogP contribution < -0.4 is 14.4 Å². The van der Waals surface area contributed by atoms with Gasteiger partial charge in [0.25, 0.3) is 0 Å². The number of nitrogens with zero attached hydrogens (tertiary/aromatic N) is 1. The predicted octanol–water partition coefficient (Wildman–Crippen LogP) is 10.2. The maximum absolute atomic E-state index is 6.54. The Kier molecular flexibility index (Phi) is 4.75. The summed E-state index contributed by atoms with van der Waals surface area (Å²) in [6, 6.07) is 49.3. The summed E-state index contributed by atoms with van der Waals surface area (Å²) in [6.45, 7) is 0. The van der Waals surface area contributed by atoms with Crippen molar-refractivity contribution in [3.63, 3.8) is 0 Å². The Morgan fingerprint density at radius 3 is 1.59 bits per heavy atom. The van der Waals surface area contributed by atoms with Gasteiger partial charge in [-0.1, -0.05) is 90.6 Å². The number of benzene rings is 6. The van der Waals surface area contributed by atoms with Gasteiger partial charge in [-0.25, -0.2) is 0 Å². The van der Waals surface area contributed by atoms with Crippen molar-refractivity contribution in [2.45, 2.75) is 15.2 Å². The van der Waals surface area contributed by atoms with Gasteiger partial charge in [0.15, 0.2) is 11.5 Å². The van der Waals surface area contributed by atoms with Crippen LogP contribution in [0, 0.1) is 0 Å². The second kappa shape index (κ2) is 8.53. The topological polar surface area (TPSA) is 21.7 Å². The number of fused-ring (bicyclic) bond motifs is 10. The Balaban J connectivity index is 1.38. The van der Waals surface area contributed by atoms with Gasteiger partial charge in [0, 0.05) is 26.6 Å². The molecule has 0 atom stereocenters. The van der Waals surface area contributed by atoms with Gasteiger partial charge in [-0.05, 0) is 71.8 Å². The number of para-hydroxylation sites is 6.